The fraction of sp³-hybridized carbons (Fsp3) is 0.261. The van der Waals surface area contributed by atoms with Gasteiger partial charge in [-0.3, -0.25) is 9.78 Å². The fourth-order valence-electron chi connectivity index (χ4n) is 3.46. The maximum atomic E-state index is 11.6. The average Bonchev–Trinajstić information content (AvgIpc) is 3.29. The van der Waals surface area contributed by atoms with Crippen molar-refractivity contribution in [2.24, 2.45) is 0 Å². The van der Waals surface area contributed by atoms with Gasteiger partial charge in [-0.05, 0) is 43.3 Å². The predicted molar refractivity (Wildman–Crippen MR) is 117 cm³/mol. The second-order valence-electron chi connectivity index (χ2n) is 7.43. The summed E-state index contributed by atoms with van der Waals surface area (Å²) in [4.78, 5) is 26.2. The number of carbonyl (C=O) groups excluding carboxylic acids is 1. The van der Waals surface area contributed by atoms with Crippen LogP contribution in [0.4, 0.5) is 11.6 Å². The van der Waals surface area contributed by atoms with E-state index in [1.165, 1.54) is 0 Å². The van der Waals surface area contributed by atoms with Crippen molar-refractivity contribution in [3.8, 4) is 23.1 Å². The Morgan fingerprint density at radius 3 is 2.94 bits per heavy atom. The number of aromatic nitrogens is 3. The average molecular weight is 430 g/mol. The zero-order valence-electron chi connectivity index (χ0n) is 17.5. The molecule has 1 atom stereocenters. The Morgan fingerprint density at radius 2 is 2.19 bits per heavy atom. The molecular weight excluding hydrogens is 408 g/mol. The van der Waals surface area contributed by atoms with Gasteiger partial charge in [0.05, 0.1) is 29.7 Å². The molecule has 9 nitrogen and oxygen atoms in total. The molecule has 1 amide bonds. The smallest absolute Gasteiger partial charge is 0.248 e. The number of anilines is 2. The molecule has 0 bridgehead atoms. The van der Waals surface area contributed by atoms with Crippen molar-refractivity contribution in [3.63, 3.8) is 0 Å². The number of nitriles is 1. The molecule has 0 saturated carbocycles. The molecule has 32 heavy (non-hydrogen) atoms. The number of ether oxygens (including phenoxy) is 1. The SMILES string of the molecule is Cc1ccc(Nc2nccc(-c3ccc(OC4CCN(C(=O)CO)C4)c(C#N)c3)n2)cn1. The van der Waals surface area contributed by atoms with Gasteiger partial charge in [0.15, 0.2) is 0 Å². The Hall–Kier alpha value is -4.03. The van der Waals surface area contributed by atoms with Crippen LogP contribution in [0.1, 0.15) is 17.7 Å². The summed E-state index contributed by atoms with van der Waals surface area (Å²) in [5.74, 6) is 0.561. The minimum Gasteiger partial charge on any atom is -0.487 e. The van der Waals surface area contributed by atoms with E-state index in [-0.39, 0.29) is 12.0 Å². The number of aliphatic hydroxyl groups excluding tert-OH is 1. The van der Waals surface area contributed by atoms with Gasteiger partial charge in [-0.1, -0.05) is 0 Å². The Kier molecular flexibility index (Phi) is 6.24. The van der Waals surface area contributed by atoms with Crippen LogP contribution < -0.4 is 10.1 Å². The number of nitrogens with zero attached hydrogens (tertiary/aromatic N) is 5. The normalized spacial score (nSPS) is 15.3. The molecule has 3 heterocycles. The lowest BCUT2D eigenvalue weighted by atomic mass is 10.1. The lowest BCUT2D eigenvalue weighted by Gasteiger charge is -2.17. The van der Waals surface area contributed by atoms with Crippen molar-refractivity contribution >= 4 is 17.5 Å². The first-order valence-electron chi connectivity index (χ1n) is 10.2. The first-order chi connectivity index (χ1) is 15.6. The molecular formula is C23H22N6O3. The monoisotopic (exact) mass is 430 g/mol. The van der Waals surface area contributed by atoms with Crippen LogP contribution in [0.15, 0.2) is 48.8 Å². The molecule has 1 aliphatic rings. The van der Waals surface area contributed by atoms with E-state index >= 15 is 0 Å². The summed E-state index contributed by atoms with van der Waals surface area (Å²) in [5, 5.41) is 21.8. The molecule has 0 radical (unpaired) electrons. The Balaban J connectivity index is 1.50. The number of aliphatic hydroxyl groups is 1. The number of carbonyl (C=O) groups is 1. The van der Waals surface area contributed by atoms with Gasteiger partial charge in [-0.15, -0.1) is 0 Å². The molecule has 0 aliphatic carbocycles. The Morgan fingerprint density at radius 1 is 1.31 bits per heavy atom. The Labute approximate surface area is 185 Å². The van der Waals surface area contributed by atoms with Gasteiger partial charge in [0.25, 0.3) is 0 Å². The van der Waals surface area contributed by atoms with Crippen molar-refractivity contribution in [1.29, 1.82) is 5.26 Å². The molecule has 3 aromatic rings. The van der Waals surface area contributed by atoms with Crippen LogP contribution >= 0.6 is 0 Å². The highest BCUT2D eigenvalue weighted by molar-refractivity contribution is 5.77. The summed E-state index contributed by atoms with van der Waals surface area (Å²) in [6.45, 7) is 2.32. The van der Waals surface area contributed by atoms with Gasteiger partial charge in [0.1, 0.15) is 24.5 Å². The summed E-state index contributed by atoms with van der Waals surface area (Å²) >= 11 is 0. The molecule has 2 N–H and O–H groups in total. The van der Waals surface area contributed by atoms with Crippen LogP contribution in [-0.4, -0.2) is 56.7 Å². The van der Waals surface area contributed by atoms with Gasteiger partial charge in [0, 0.05) is 30.4 Å². The third kappa shape index (κ3) is 4.82. The third-order valence-electron chi connectivity index (χ3n) is 5.15. The predicted octanol–water partition coefficient (Wildman–Crippen LogP) is 2.43. The summed E-state index contributed by atoms with van der Waals surface area (Å²) in [5.41, 5.74) is 3.49. The zero-order valence-corrected chi connectivity index (χ0v) is 17.5. The van der Waals surface area contributed by atoms with E-state index in [4.69, 9.17) is 9.84 Å². The number of aryl methyl sites for hydroxylation is 1. The highest BCUT2D eigenvalue weighted by Crippen LogP contribution is 2.28. The van der Waals surface area contributed by atoms with Crippen molar-refractivity contribution in [3.05, 3.63) is 60.0 Å². The van der Waals surface area contributed by atoms with E-state index in [0.29, 0.717) is 42.5 Å². The quantitative estimate of drug-likeness (QED) is 0.611. The summed E-state index contributed by atoms with van der Waals surface area (Å²) in [7, 11) is 0. The Bertz CT molecular complexity index is 1160. The lowest BCUT2D eigenvalue weighted by molar-refractivity contribution is -0.133. The topological polar surface area (TPSA) is 124 Å². The number of hydrogen-bond acceptors (Lipinski definition) is 8. The number of hydrogen-bond donors (Lipinski definition) is 2. The molecule has 1 aliphatic heterocycles. The standard InChI is InChI=1S/C23H22N6O3/c1-15-2-4-18(12-26-15)27-23-25-8-6-20(28-23)16-3-5-21(17(10-16)11-24)32-19-7-9-29(13-19)22(31)14-30/h2-6,8,10,12,19,30H,7,9,13-14H2,1H3,(H,25,27,28). The number of likely N-dealkylation sites (tertiary alicyclic amines) is 1. The second kappa shape index (κ2) is 9.41. The molecule has 0 spiro atoms. The van der Waals surface area contributed by atoms with Crippen LogP contribution in [-0.2, 0) is 4.79 Å². The fourth-order valence-corrected chi connectivity index (χ4v) is 3.46. The minimum absolute atomic E-state index is 0.221. The van der Waals surface area contributed by atoms with Gasteiger partial charge in [-0.2, -0.15) is 5.26 Å². The van der Waals surface area contributed by atoms with E-state index < -0.39 is 6.61 Å². The van der Waals surface area contributed by atoms with Gasteiger partial charge >= 0.3 is 0 Å². The number of pyridine rings is 1. The van der Waals surface area contributed by atoms with Crippen molar-refractivity contribution < 1.29 is 14.6 Å². The van der Waals surface area contributed by atoms with E-state index in [1.54, 1.807) is 35.5 Å². The molecule has 1 fully saturated rings. The summed E-state index contributed by atoms with van der Waals surface area (Å²) < 4.78 is 5.98. The molecule has 1 unspecified atom stereocenters. The van der Waals surface area contributed by atoms with Gasteiger partial charge < -0.3 is 20.1 Å². The number of nitrogens with one attached hydrogen (secondary N) is 1. The van der Waals surface area contributed by atoms with E-state index in [0.717, 1.165) is 16.9 Å². The van der Waals surface area contributed by atoms with Crippen LogP contribution in [0, 0.1) is 18.3 Å². The molecule has 4 rings (SSSR count). The van der Waals surface area contributed by atoms with E-state index in [2.05, 4.69) is 26.3 Å². The minimum atomic E-state index is -0.513. The van der Waals surface area contributed by atoms with E-state index in [9.17, 15) is 10.1 Å². The largest absolute Gasteiger partial charge is 0.487 e. The van der Waals surface area contributed by atoms with Crippen LogP contribution in [0.3, 0.4) is 0 Å². The molecule has 2 aromatic heterocycles. The molecule has 1 saturated heterocycles. The molecule has 1 aromatic carbocycles. The lowest BCUT2D eigenvalue weighted by Crippen LogP contribution is -2.32. The van der Waals surface area contributed by atoms with Crippen molar-refractivity contribution in [2.45, 2.75) is 19.4 Å². The highest BCUT2D eigenvalue weighted by Gasteiger charge is 2.27. The number of amides is 1. The van der Waals surface area contributed by atoms with Crippen LogP contribution in [0.2, 0.25) is 0 Å². The molecule has 9 heteroatoms. The van der Waals surface area contributed by atoms with Gasteiger partial charge in [-0.25, -0.2) is 9.97 Å². The second-order valence-corrected chi connectivity index (χ2v) is 7.43. The maximum absolute atomic E-state index is 11.6. The first kappa shape index (κ1) is 21.2. The number of benzene rings is 1. The molecule has 162 valence electrons. The van der Waals surface area contributed by atoms with Crippen LogP contribution in [0.5, 0.6) is 5.75 Å². The highest BCUT2D eigenvalue weighted by atomic mass is 16.5. The zero-order chi connectivity index (χ0) is 22.5. The number of rotatable bonds is 6. The van der Waals surface area contributed by atoms with Crippen molar-refractivity contribution in [1.82, 2.24) is 19.9 Å². The summed E-state index contributed by atoms with van der Waals surface area (Å²) in [6, 6.07) is 13.0. The third-order valence-corrected chi connectivity index (χ3v) is 5.15. The van der Waals surface area contributed by atoms with Gasteiger partial charge in [0.2, 0.25) is 11.9 Å². The maximum Gasteiger partial charge on any atom is 0.248 e. The summed E-state index contributed by atoms with van der Waals surface area (Å²) in [6.07, 6.45) is 3.78. The van der Waals surface area contributed by atoms with E-state index in [1.807, 2.05) is 25.1 Å². The van der Waals surface area contributed by atoms with Crippen molar-refractivity contribution in [2.75, 3.05) is 25.0 Å². The van der Waals surface area contributed by atoms with Crippen LogP contribution in [0.25, 0.3) is 11.3 Å². The first-order valence-corrected chi connectivity index (χ1v) is 10.2.